The van der Waals surface area contributed by atoms with Gasteiger partial charge in [-0.1, -0.05) is 88.8 Å². The number of nitrogens with zero attached hydrogens (tertiary/aromatic N) is 1. The number of hydrogen-bond donors (Lipinski definition) is 0. The van der Waals surface area contributed by atoms with E-state index >= 15 is 0 Å². The quantitative estimate of drug-likeness (QED) is 0.254. The molecule has 26 heavy (non-hydrogen) atoms. The fraction of sp³-hybridized carbons (Fsp3) is 0.520. The Morgan fingerprint density at radius 3 is 1.42 bits per heavy atom. The topological polar surface area (TPSA) is 0 Å². The summed E-state index contributed by atoms with van der Waals surface area (Å²) >= 11 is 0. The molecule has 0 atom stereocenters. The first-order valence-electron chi connectivity index (χ1n) is 10.8. The minimum atomic E-state index is 1.00. The van der Waals surface area contributed by atoms with Crippen molar-refractivity contribution in [3.8, 4) is 0 Å². The molecule has 1 heteroatoms. The summed E-state index contributed by atoms with van der Waals surface area (Å²) in [7, 11) is 0. The molecular formula is C25H38N+. The van der Waals surface area contributed by atoms with E-state index in [2.05, 4.69) is 74.5 Å². The molecule has 1 nitrogen and oxygen atoms in total. The normalized spacial score (nSPS) is 11.6. The van der Waals surface area contributed by atoms with Crippen LogP contribution in [0.1, 0.15) is 71.6 Å². The van der Waals surface area contributed by atoms with Crippen molar-refractivity contribution in [2.24, 2.45) is 0 Å². The van der Waals surface area contributed by atoms with Gasteiger partial charge in [0.05, 0.1) is 13.1 Å². The van der Waals surface area contributed by atoms with Crippen LogP contribution in [0.5, 0.6) is 0 Å². The molecule has 0 bridgehead atoms. The Morgan fingerprint density at radius 1 is 0.500 bits per heavy atom. The first-order valence-corrected chi connectivity index (χ1v) is 10.8. The molecule has 0 aromatic heterocycles. The molecule has 0 heterocycles. The third kappa shape index (κ3) is 5.99. The molecule has 0 amide bonds. The van der Waals surface area contributed by atoms with Gasteiger partial charge in [-0.25, -0.2) is 0 Å². The summed E-state index contributed by atoms with van der Waals surface area (Å²) in [5.41, 5.74) is 2.89. The summed E-state index contributed by atoms with van der Waals surface area (Å²) in [6.45, 7) is 7.00. The highest BCUT2D eigenvalue weighted by atomic mass is 15.4. The van der Waals surface area contributed by atoms with Crippen molar-refractivity contribution in [1.29, 1.82) is 0 Å². The zero-order valence-corrected chi connectivity index (χ0v) is 17.0. The number of benzene rings is 2. The van der Waals surface area contributed by atoms with Crippen LogP contribution in [0.4, 0.5) is 11.4 Å². The van der Waals surface area contributed by atoms with E-state index in [1.807, 2.05) is 0 Å². The number of hydrogen-bond acceptors (Lipinski definition) is 0. The van der Waals surface area contributed by atoms with Gasteiger partial charge >= 0.3 is 0 Å². The van der Waals surface area contributed by atoms with E-state index in [4.69, 9.17) is 0 Å². The van der Waals surface area contributed by atoms with Crippen molar-refractivity contribution < 1.29 is 0 Å². The van der Waals surface area contributed by atoms with Crippen LogP contribution in [0.25, 0.3) is 0 Å². The maximum Gasteiger partial charge on any atom is 0.137 e. The lowest BCUT2D eigenvalue weighted by Crippen LogP contribution is -2.45. The molecule has 0 fully saturated rings. The van der Waals surface area contributed by atoms with Gasteiger partial charge in [0.2, 0.25) is 0 Å². The number of quaternary nitrogens is 1. The summed E-state index contributed by atoms with van der Waals surface area (Å²) in [4.78, 5) is 0. The molecule has 2 aromatic carbocycles. The second-order valence-corrected chi connectivity index (χ2v) is 7.56. The van der Waals surface area contributed by atoms with Gasteiger partial charge < -0.3 is 0 Å². The average Bonchev–Trinajstić information content (AvgIpc) is 2.71. The summed E-state index contributed by atoms with van der Waals surface area (Å²) in [5.74, 6) is 0. The molecule has 0 saturated heterocycles. The van der Waals surface area contributed by atoms with E-state index in [0.717, 1.165) is 4.48 Å². The highest BCUT2D eigenvalue weighted by Gasteiger charge is 2.32. The Balaban J connectivity index is 2.14. The lowest BCUT2D eigenvalue weighted by molar-refractivity contribution is 0.359. The van der Waals surface area contributed by atoms with Crippen LogP contribution < -0.4 is 4.48 Å². The molecular weight excluding hydrogens is 314 g/mol. The molecule has 0 unspecified atom stereocenters. The summed E-state index contributed by atoms with van der Waals surface area (Å²) in [6, 6.07) is 22.4. The largest absolute Gasteiger partial charge is 0.259 e. The molecule has 2 rings (SSSR count). The summed E-state index contributed by atoms with van der Waals surface area (Å²) < 4.78 is 1.00. The van der Waals surface area contributed by atoms with E-state index in [9.17, 15) is 0 Å². The average molecular weight is 353 g/mol. The van der Waals surface area contributed by atoms with E-state index in [-0.39, 0.29) is 0 Å². The lowest BCUT2D eigenvalue weighted by atomic mass is 10.1. The Morgan fingerprint density at radius 2 is 0.923 bits per heavy atom. The van der Waals surface area contributed by atoms with Crippen molar-refractivity contribution in [2.45, 2.75) is 71.6 Å². The zero-order chi connectivity index (χ0) is 18.5. The van der Waals surface area contributed by atoms with Gasteiger partial charge in [0.15, 0.2) is 0 Å². The summed E-state index contributed by atoms with van der Waals surface area (Å²) in [5, 5.41) is 0. The third-order valence-corrected chi connectivity index (χ3v) is 5.54. The Hall–Kier alpha value is -1.60. The van der Waals surface area contributed by atoms with Gasteiger partial charge in [-0.05, 0) is 43.5 Å². The summed E-state index contributed by atoms with van der Waals surface area (Å²) in [6.07, 6.45) is 12.1. The SMILES string of the molecule is CCCCCCCCC[N+](CCCC)(c1ccccc1)c1ccccc1. The first-order chi connectivity index (χ1) is 12.8. The number of rotatable bonds is 13. The molecule has 0 aliphatic rings. The third-order valence-electron chi connectivity index (χ3n) is 5.54. The fourth-order valence-electron chi connectivity index (χ4n) is 3.97. The van der Waals surface area contributed by atoms with Crippen LogP contribution >= 0.6 is 0 Å². The van der Waals surface area contributed by atoms with Crippen molar-refractivity contribution in [2.75, 3.05) is 13.1 Å². The fourth-order valence-corrected chi connectivity index (χ4v) is 3.97. The number of unbranched alkanes of at least 4 members (excludes halogenated alkanes) is 7. The van der Waals surface area contributed by atoms with E-state index in [0.29, 0.717) is 0 Å². The Bertz CT molecular complexity index is 536. The molecule has 0 saturated carbocycles. The second kappa shape index (κ2) is 11.9. The predicted octanol–water partition coefficient (Wildman–Crippen LogP) is 7.88. The van der Waals surface area contributed by atoms with Crippen molar-refractivity contribution >= 4 is 11.4 Å². The van der Waals surface area contributed by atoms with Crippen LogP contribution in [-0.4, -0.2) is 13.1 Å². The van der Waals surface area contributed by atoms with Gasteiger partial charge in [0.1, 0.15) is 11.4 Å². The zero-order valence-electron chi connectivity index (χ0n) is 17.0. The smallest absolute Gasteiger partial charge is 0.137 e. The highest BCUT2D eigenvalue weighted by Crippen LogP contribution is 2.35. The first kappa shape index (κ1) is 20.7. The van der Waals surface area contributed by atoms with E-state index in [1.54, 1.807) is 0 Å². The molecule has 0 aliphatic heterocycles. The van der Waals surface area contributed by atoms with Crippen molar-refractivity contribution in [3.63, 3.8) is 0 Å². The minimum Gasteiger partial charge on any atom is -0.259 e. The van der Waals surface area contributed by atoms with Crippen molar-refractivity contribution in [1.82, 2.24) is 4.48 Å². The van der Waals surface area contributed by atoms with Crippen molar-refractivity contribution in [3.05, 3.63) is 60.7 Å². The maximum absolute atomic E-state index is 2.32. The molecule has 2 aromatic rings. The molecule has 0 spiro atoms. The highest BCUT2D eigenvalue weighted by molar-refractivity contribution is 5.58. The van der Waals surface area contributed by atoms with Gasteiger partial charge in [-0.15, -0.1) is 0 Å². The van der Waals surface area contributed by atoms with Crippen LogP contribution in [0.3, 0.4) is 0 Å². The monoisotopic (exact) mass is 352 g/mol. The van der Waals surface area contributed by atoms with Crippen LogP contribution in [0, 0.1) is 0 Å². The van der Waals surface area contributed by atoms with Crippen LogP contribution in [0.2, 0.25) is 0 Å². The molecule has 0 N–H and O–H groups in total. The minimum absolute atomic E-state index is 1.00. The second-order valence-electron chi connectivity index (χ2n) is 7.56. The Labute approximate surface area is 161 Å². The number of para-hydroxylation sites is 2. The molecule has 0 radical (unpaired) electrons. The molecule has 142 valence electrons. The molecule has 0 aliphatic carbocycles. The van der Waals surface area contributed by atoms with E-state index in [1.165, 1.54) is 82.3 Å². The van der Waals surface area contributed by atoms with Gasteiger partial charge in [-0.3, -0.25) is 4.48 Å². The maximum atomic E-state index is 2.32. The van der Waals surface area contributed by atoms with Crippen LogP contribution in [-0.2, 0) is 0 Å². The van der Waals surface area contributed by atoms with Gasteiger partial charge in [0, 0.05) is 0 Å². The standard InChI is InChI=1S/C25H38N/c1-3-5-7-8-9-10-17-23-26(22-6-4-2,24-18-13-11-14-19-24)25-20-15-12-16-21-25/h11-16,18-21H,3-10,17,22-23H2,1-2H3/q+1. The predicted molar refractivity (Wildman–Crippen MR) is 117 cm³/mol. The van der Waals surface area contributed by atoms with Gasteiger partial charge in [-0.2, -0.15) is 0 Å². The van der Waals surface area contributed by atoms with Gasteiger partial charge in [0.25, 0.3) is 0 Å². The lowest BCUT2D eigenvalue weighted by Gasteiger charge is -2.38. The van der Waals surface area contributed by atoms with Crippen LogP contribution in [0.15, 0.2) is 60.7 Å². The Kier molecular flexibility index (Phi) is 9.48. The van der Waals surface area contributed by atoms with E-state index < -0.39 is 0 Å².